The Bertz CT molecular complexity index is 314. The van der Waals surface area contributed by atoms with Crippen LogP contribution in [0, 0.1) is 0 Å². The Kier molecular flexibility index (Phi) is 6.70. The monoisotopic (exact) mass is 185 g/mol. The largest absolute Gasteiger partial charge is 0.256 e. The van der Waals surface area contributed by atoms with Gasteiger partial charge in [0.2, 0.25) is 0 Å². The molecule has 0 bridgehead atoms. The lowest BCUT2D eigenvalue weighted by Gasteiger charge is -1.99. The zero-order valence-corrected chi connectivity index (χ0v) is 8.32. The summed E-state index contributed by atoms with van der Waals surface area (Å²) in [5, 5.41) is 0. The smallest absolute Gasteiger partial charge is 0.0701 e. The Morgan fingerprint density at radius 2 is 1.50 bits per heavy atom. The predicted octanol–water partition coefficient (Wildman–Crippen LogP) is 3.61. The molecule has 0 aliphatic heterocycles. The summed E-state index contributed by atoms with van der Waals surface area (Å²) in [5.41, 5.74) is 1.69. The van der Waals surface area contributed by atoms with Crippen LogP contribution in [-0.4, -0.2) is 6.21 Å². The van der Waals surface area contributed by atoms with E-state index < -0.39 is 0 Å². The topological polar surface area (TPSA) is 12.4 Å². The van der Waals surface area contributed by atoms with Gasteiger partial charge >= 0.3 is 0 Å². The van der Waals surface area contributed by atoms with Crippen LogP contribution in [0.3, 0.4) is 0 Å². The summed E-state index contributed by atoms with van der Waals surface area (Å²) in [6.45, 7) is 14.5. The van der Waals surface area contributed by atoms with Crippen LogP contribution in [0.5, 0.6) is 0 Å². The van der Waals surface area contributed by atoms with Gasteiger partial charge < -0.3 is 0 Å². The van der Waals surface area contributed by atoms with E-state index in [2.05, 4.69) is 31.3 Å². The van der Waals surface area contributed by atoms with Crippen LogP contribution in [0.4, 0.5) is 0 Å². The van der Waals surface area contributed by atoms with Gasteiger partial charge in [0.15, 0.2) is 0 Å². The van der Waals surface area contributed by atoms with Gasteiger partial charge in [-0.25, -0.2) is 0 Å². The third kappa shape index (κ3) is 4.21. The zero-order chi connectivity index (χ0) is 10.8. The van der Waals surface area contributed by atoms with Crippen LogP contribution < -0.4 is 0 Å². The molecule has 72 valence electrons. The first kappa shape index (κ1) is 12.1. The lowest BCUT2D eigenvalue weighted by Crippen LogP contribution is -1.82. The van der Waals surface area contributed by atoms with Crippen LogP contribution >= 0.6 is 0 Å². The molecule has 0 atom stereocenters. The summed E-state index contributed by atoms with van der Waals surface area (Å²) in [6.07, 6.45) is 12.0. The van der Waals surface area contributed by atoms with Crippen molar-refractivity contribution in [3.05, 3.63) is 74.0 Å². The molecular weight excluding hydrogens is 170 g/mol. The number of rotatable bonds is 6. The highest BCUT2D eigenvalue weighted by molar-refractivity contribution is 5.72. The van der Waals surface area contributed by atoms with Crippen molar-refractivity contribution in [2.75, 3.05) is 0 Å². The summed E-state index contributed by atoms with van der Waals surface area (Å²) in [4.78, 5) is 4.18. The first-order valence-corrected chi connectivity index (χ1v) is 4.23. The molecular formula is C13H15N. The second kappa shape index (κ2) is 7.74. The van der Waals surface area contributed by atoms with Crippen molar-refractivity contribution in [3.8, 4) is 0 Å². The Morgan fingerprint density at radius 1 is 0.857 bits per heavy atom. The second-order valence-corrected chi connectivity index (χ2v) is 2.36. The maximum absolute atomic E-state index is 4.18. The van der Waals surface area contributed by atoms with E-state index >= 15 is 0 Å². The first-order valence-electron chi connectivity index (χ1n) is 4.23. The van der Waals surface area contributed by atoms with Crippen molar-refractivity contribution in [1.82, 2.24) is 0 Å². The van der Waals surface area contributed by atoms with Gasteiger partial charge in [0, 0.05) is 6.21 Å². The average Bonchev–Trinajstić information content (AvgIpc) is 2.21. The molecule has 0 aromatic heterocycles. The van der Waals surface area contributed by atoms with E-state index in [1.165, 1.54) is 0 Å². The predicted molar refractivity (Wildman–Crippen MR) is 65.4 cm³/mol. The minimum atomic E-state index is 0.787. The Labute approximate surface area is 85.9 Å². The average molecular weight is 185 g/mol. The fourth-order valence-corrected chi connectivity index (χ4v) is 0.843. The quantitative estimate of drug-likeness (QED) is 0.443. The molecule has 0 rings (SSSR count). The number of hydrogen-bond acceptors (Lipinski definition) is 1. The first-order chi connectivity index (χ1) is 6.79. The summed E-state index contributed by atoms with van der Waals surface area (Å²) in [7, 11) is 0. The van der Waals surface area contributed by atoms with Crippen LogP contribution in [0.1, 0.15) is 0 Å². The van der Waals surface area contributed by atoms with Crippen LogP contribution in [0.15, 0.2) is 79.0 Å². The SMILES string of the molecule is C=C\C=N/C(=C/C=C)C(/C=C)=C\C=C. The number of allylic oxidation sites excluding steroid dienone is 6. The highest BCUT2D eigenvalue weighted by Gasteiger charge is 1.95. The van der Waals surface area contributed by atoms with E-state index in [1.807, 2.05) is 6.08 Å². The molecule has 0 N–H and O–H groups in total. The van der Waals surface area contributed by atoms with E-state index in [1.54, 1.807) is 36.6 Å². The Balaban J connectivity index is 5.07. The van der Waals surface area contributed by atoms with E-state index in [9.17, 15) is 0 Å². The standard InChI is InChI=1S/C13H15N/c1-5-9-12(8-4)13(10-6-2)14-11-7-3/h5-11H,1-4H2/b12-9-,13-10+,14-11-. The lowest BCUT2D eigenvalue weighted by molar-refractivity contribution is 1.36. The number of nitrogens with zero attached hydrogens (tertiary/aromatic N) is 1. The molecule has 0 aromatic rings. The maximum Gasteiger partial charge on any atom is 0.0701 e. The van der Waals surface area contributed by atoms with Crippen LogP contribution in [0.25, 0.3) is 0 Å². The fraction of sp³-hybridized carbons (Fsp3) is 0. The van der Waals surface area contributed by atoms with Gasteiger partial charge in [0.25, 0.3) is 0 Å². The van der Waals surface area contributed by atoms with Crippen LogP contribution in [-0.2, 0) is 0 Å². The molecule has 0 saturated heterocycles. The highest BCUT2D eigenvalue weighted by atomic mass is 14.7. The Hall–Kier alpha value is -1.89. The van der Waals surface area contributed by atoms with E-state index in [-0.39, 0.29) is 0 Å². The molecule has 0 aromatic carbocycles. The fourth-order valence-electron chi connectivity index (χ4n) is 0.843. The molecule has 0 spiro atoms. The third-order valence-corrected chi connectivity index (χ3v) is 1.41. The second-order valence-electron chi connectivity index (χ2n) is 2.36. The maximum atomic E-state index is 4.18. The van der Waals surface area contributed by atoms with Crippen LogP contribution in [0.2, 0.25) is 0 Å². The normalized spacial score (nSPS) is 12.6. The highest BCUT2D eigenvalue weighted by Crippen LogP contribution is 2.12. The van der Waals surface area contributed by atoms with Gasteiger partial charge in [0.05, 0.1) is 5.70 Å². The van der Waals surface area contributed by atoms with Crippen molar-refractivity contribution >= 4 is 6.21 Å². The van der Waals surface area contributed by atoms with Crippen molar-refractivity contribution in [2.24, 2.45) is 4.99 Å². The molecule has 0 amide bonds. The molecule has 0 unspecified atom stereocenters. The number of hydrogen-bond donors (Lipinski definition) is 0. The molecule has 0 radical (unpaired) electrons. The summed E-state index contributed by atoms with van der Waals surface area (Å²) in [5.74, 6) is 0. The van der Waals surface area contributed by atoms with Gasteiger partial charge in [-0.2, -0.15) is 0 Å². The van der Waals surface area contributed by atoms with Crippen molar-refractivity contribution < 1.29 is 0 Å². The molecule has 0 heterocycles. The van der Waals surface area contributed by atoms with Gasteiger partial charge in [-0.1, -0.05) is 56.7 Å². The molecule has 0 fully saturated rings. The van der Waals surface area contributed by atoms with E-state index in [0.717, 1.165) is 11.3 Å². The van der Waals surface area contributed by atoms with Gasteiger partial charge in [-0.15, -0.1) is 0 Å². The zero-order valence-electron chi connectivity index (χ0n) is 8.32. The van der Waals surface area contributed by atoms with E-state index in [4.69, 9.17) is 0 Å². The summed E-state index contributed by atoms with van der Waals surface area (Å²) in [6, 6.07) is 0. The summed E-state index contributed by atoms with van der Waals surface area (Å²) < 4.78 is 0. The lowest BCUT2D eigenvalue weighted by atomic mass is 10.1. The van der Waals surface area contributed by atoms with Gasteiger partial charge in [-0.05, 0) is 11.6 Å². The van der Waals surface area contributed by atoms with Crippen molar-refractivity contribution in [3.63, 3.8) is 0 Å². The van der Waals surface area contributed by atoms with Gasteiger partial charge in [-0.3, -0.25) is 4.99 Å². The molecule has 14 heavy (non-hydrogen) atoms. The van der Waals surface area contributed by atoms with Crippen molar-refractivity contribution in [2.45, 2.75) is 0 Å². The minimum Gasteiger partial charge on any atom is -0.256 e. The summed E-state index contributed by atoms with van der Waals surface area (Å²) >= 11 is 0. The van der Waals surface area contributed by atoms with Gasteiger partial charge in [0.1, 0.15) is 0 Å². The molecule has 0 aliphatic rings. The minimum absolute atomic E-state index is 0.787. The van der Waals surface area contributed by atoms with E-state index in [0.29, 0.717) is 0 Å². The number of aliphatic imine (C=N–C) groups is 1. The molecule has 0 aliphatic carbocycles. The third-order valence-electron chi connectivity index (χ3n) is 1.41. The van der Waals surface area contributed by atoms with Crippen molar-refractivity contribution in [1.29, 1.82) is 0 Å². The Morgan fingerprint density at radius 3 is 1.93 bits per heavy atom. The molecule has 1 heteroatoms. The molecule has 0 saturated carbocycles. The molecule has 1 nitrogen and oxygen atoms in total.